The number of carbonyl (C=O) groups excluding carboxylic acids is 1. The first kappa shape index (κ1) is 13.4. The van der Waals surface area contributed by atoms with Gasteiger partial charge in [0.25, 0.3) is 5.91 Å². The van der Waals surface area contributed by atoms with Gasteiger partial charge in [-0.25, -0.2) is 0 Å². The minimum absolute atomic E-state index is 0.0835. The van der Waals surface area contributed by atoms with Crippen LogP contribution in [0.1, 0.15) is 15.2 Å². The van der Waals surface area contributed by atoms with Gasteiger partial charge >= 0.3 is 0 Å². The maximum atomic E-state index is 11.9. The SMILES string of the molecule is COc1cccc(CNC(=O)c2cccs2)c1OC. The average Bonchev–Trinajstić information content (AvgIpc) is 2.98. The second-order valence-electron chi connectivity index (χ2n) is 3.81. The van der Waals surface area contributed by atoms with Gasteiger partial charge in [-0.1, -0.05) is 18.2 Å². The molecule has 0 aliphatic carbocycles. The molecule has 0 fully saturated rings. The molecule has 0 saturated heterocycles. The topological polar surface area (TPSA) is 47.6 Å². The van der Waals surface area contributed by atoms with Crippen molar-refractivity contribution in [3.8, 4) is 11.5 Å². The number of hydrogen-bond donors (Lipinski definition) is 1. The second-order valence-corrected chi connectivity index (χ2v) is 4.76. The van der Waals surface area contributed by atoms with Crippen LogP contribution >= 0.6 is 11.3 Å². The molecule has 1 amide bonds. The molecule has 100 valence electrons. The van der Waals surface area contributed by atoms with Crippen molar-refractivity contribution in [2.45, 2.75) is 6.54 Å². The lowest BCUT2D eigenvalue weighted by Crippen LogP contribution is -2.22. The maximum absolute atomic E-state index is 11.9. The number of carbonyl (C=O) groups is 1. The summed E-state index contributed by atoms with van der Waals surface area (Å²) in [6.07, 6.45) is 0. The molecule has 19 heavy (non-hydrogen) atoms. The third-order valence-corrected chi connectivity index (χ3v) is 3.54. The standard InChI is InChI=1S/C14H15NO3S/c1-17-11-6-3-5-10(13(11)18-2)9-15-14(16)12-7-4-8-19-12/h3-8H,9H2,1-2H3,(H,15,16). The quantitative estimate of drug-likeness (QED) is 0.914. The number of nitrogens with one attached hydrogen (secondary N) is 1. The maximum Gasteiger partial charge on any atom is 0.261 e. The van der Waals surface area contributed by atoms with Crippen LogP contribution in [0.2, 0.25) is 0 Å². The Morgan fingerprint density at radius 3 is 2.68 bits per heavy atom. The lowest BCUT2D eigenvalue weighted by Gasteiger charge is -2.12. The number of ether oxygens (including phenoxy) is 2. The third kappa shape index (κ3) is 3.06. The molecule has 0 radical (unpaired) electrons. The molecule has 2 aromatic rings. The predicted octanol–water partition coefficient (Wildman–Crippen LogP) is 2.70. The summed E-state index contributed by atoms with van der Waals surface area (Å²) in [5.41, 5.74) is 0.881. The first-order valence-corrected chi connectivity index (χ1v) is 6.65. The van der Waals surface area contributed by atoms with Gasteiger partial charge in [0.2, 0.25) is 0 Å². The molecule has 1 aromatic heterocycles. The van der Waals surface area contributed by atoms with E-state index in [1.165, 1.54) is 11.3 Å². The molecule has 4 nitrogen and oxygen atoms in total. The Morgan fingerprint density at radius 2 is 2.05 bits per heavy atom. The first-order chi connectivity index (χ1) is 9.26. The van der Waals surface area contributed by atoms with Crippen LogP contribution in [0.3, 0.4) is 0 Å². The Kier molecular flexibility index (Phi) is 4.41. The fourth-order valence-electron chi connectivity index (χ4n) is 1.76. The van der Waals surface area contributed by atoms with Gasteiger partial charge in [0, 0.05) is 12.1 Å². The van der Waals surface area contributed by atoms with Crippen molar-refractivity contribution in [2.24, 2.45) is 0 Å². The van der Waals surface area contributed by atoms with Crippen molar-refractivity contribution < 1.29 is 14.3 Å². The normalized spacial score (nSPS) is 10.0. The van der Waals surface area contributed by atoms with Crippen molar-refractivity contribution in [3.63, 3.8) is 0 Å². The number of para-hydroxylation sites is 1. The highest BCUT2D eigenvalue weighted by molar-refractivity contribution is 7.12. The average molecular weight is 277 g/mol. The Bertz CT molecular complexity index is 552. The van der Waals surface area contributed by atoms with Crippen molar-refractivity contribution in [3.05, 3.63) is 46.2 Å². The van der Waals surface area contributed by atoms with Crippen LogP contribution < -0.4 is 14.8 Å². The summed E-state index contributed by atoms with van der Waals surface area (Å²) in [7, 11) is 3.17. The minimum Gasteiger partial charge on any atom is -0.493 e. The molecule has 1 N–H and O–H groups in total. The molecular formula is C14H15NO3S. The fraction of sp³-hybridized carbons (Fsp3) is 0.214. The van der Waals surface area contributed by atoms with E-state index in [0.717, 1.165) is 5.56 Å². The molecule has 1 heterocycles. The molecule has 0 unspecified atom stereocenters. The highest BCUT2D eigenvalue weighted by atomic mass is 32.1. The first-order valence-electron chi connectivity index (χ1n) is 5.78. The Labute approximate surface area is 116 Å². The van der Waals surface area contributed by atoms with E-state index in [4.69, 9.17) is 9.47 Å². The van der Waals surface area contributed by atoms with Crippen molar-refractivity contribution in [1.29, 1.82) is 0 Å². The van der Waals surface area contributed by atoms with Crippen LogP contribution in [0.25, 0.3) is 0 Å². The van der Waals surface area contributed by atoms with Crippen LogP contribution in [0, 0.1) is 0 Å². The molecule has 0 aliphatic rings. The summed E-state index contributed by atoms with van der Waals surface area (Å²) >= 11 is 1.42. The van der Waals surface area contributed by atoms with Crippen LogP contribution in [0.5, 0.6) is 11.5 Å². The van der Waals surface area contributed by atoms with E-state index in [9.17, 15) is 4.79 Å². The summed E-state index contributed by atoms with van der Waals surface area (Å²) in [6.45, 7) is 0.400. The number of amides is 1. The number of hydrogen-bond acceptors (Lipinski definition) is 4. The molecule has 2 rings (SSSR count). The molecule has 0 bridgehead atoms. The summed E-state index contributed by atoms with van der Waals surface area (Å²) < 4.78 is 10.5. The number of rotatable bonds is 5. The van der Waals surface area contributed by atoms with E-state index in [1.54, 1.807) is 20.3 Å². The van der Waals surface area contributed by atoms with Gasteiger partial charge in [-0.3, -0.25) is 4.79 Å². The number of methoxy groups -OCH3 is 2. The van der Waals surface area contributed by atoms with E-state index >= 15 is 0 Å². The van der Waals surface area contributed by atoms with Gasteiger partial charge in [0.05, 0.1) is 19.1 Å². The number of thiophene rings is 1. The van der Waals surface area contributed by atoms with Gasteiger partial charge in [-0.2, -0.15) is 0 Å². The van der Waals surface area contributed by atoms with Gasteiger partial charge < -0.3 is 14.8 Å². The van der Waals surface area contributed by atoms with E-state index in [-0.39, 0.29) is 5.91 Å². The second kappa shape index (κ2) is 6.24. The van der Waals surface area contributed by atoms with E-state index in [2.05, 4.69) is 5.32 Å². The summed E-state index contributed by atoms with van der Waals surface area (Å²) in [5.74, 6) is 1.22. The van der Waals surface area contributed by atoms with Crippen molar-refractivity contribution >= 4 is 17.2 Å². The molecule has 0 saturated carbocycles. The van der Waals surface area contributed by atoms with Gasteiger partial charge in [-0.05, 0) is 17.5 Å². The summed E-state index contributed by atoms with van der Waals surface area (Å²) in [4.78, 5) is 12.6. The van der Waals surface area contributed by atoms with E-state index in [0.29, 0.717) is 22.9 Å². The lowest BCUT2D eigenvalue weighted by molar-refractivity contribution is 0.0954. The van der Waals surface area contributed by atoms with Gasteiger partial charge in [-0.15, -0.1) is 11.3 Å². The summed E-state index contributed by atoms with van der Waals surface area (Å²) in [5, 5.41) is 4.74. The van der Waals surface area contributed by atoms with Gasteiger partial charge in [0.1, 0.15) is 0 Å². The third-order valence-electron chi connectivity index (χ3n) is 2.67. The number of benzene rings is 1. The predicted molar refractivity (Wildman–Crippen MR) is 75.0 cm³/mol. The van der Waals surface area contributed by atoms with E-state index < -0.39 is 0 Å². The van der Waals surface area contributed by atoms with Crippen LogP contribution in [0.4, 0.5) is 0 Å². The van der Waals surface area contributed by atoms with Crippen molar-refractivity contribution in [1.82, 2.24) is 5.32 Å². The Morgan fingerprint density at radius 1 is 1.21 bits per heavy atom. The van der Waals surface area contributed by atoms with Gasteiger partial charge in [0.15, 0.2) is 11.5 Å². The zero-order valence-electron chi connectivity index (χ0n) is 10.8. The lowest BCUT2D eigenvalue weighted by atomic mass is 10.2. The fourth-order valence-corrected chi connectivity index (χ4v) is 2.40. The molecule has 0 aliphatic heterocycles. The van der Waals surface area contributed by atoms with Crippen LogP contribution in [-0.2, 0) is 6.54 Å². The highest BCUT2D eigenvalue weighted by Gasteiger charge is 2.11. The molecule has 5 heteroatoms. The molecule has 0 spiro atoms. The van der Waals surface area contributed by atoms with Crippen LogP contribution in [0.15, 0.2) is 35.7 Å². The zero-order valence-corrected chi connectivity index (χ0v) is 11.6. The smallest absolute Gasteiger partial charge is 0.261 e. The Hall–Kier alpha value is -2.01. The zero-order chi connectivity index (χ0) is 13.7. The minimum atomic E-state index is -0.0835. The highest BCUT2D eigenvalue weighted by Crippen LogP contribution is 2.30. The Balaban J connectivity index is 2.09. The van der Waals surface area contributed by atoms with E-state index in [1.807, 2.05) is 29.6 Å². The van der Waals surface area contributed by atoms with Crippen LogP contribution in [-0.4, -0.2) is 20.1 Å². The molecule has 0 atom stereocenters. The monoisotopic (exact) mass is 277 g/mol. The summed E-state index contributed by atoms with van der Waals surface area (Å²) in [6, 6.07) is 9.24. The molecular weight excluding hydrogens is 262 g/mol. The van der Waals surface area contributed by atoms with Crippen molar-refractivity contribution in [2.75, 3.05) is 14.2 Å². The largest absolute Gasteiger partial charge is 0.493 e. The molecule has 1 aromatic carbocycles.